The largest absolute Gasteiger partial charge is 0.371 e. The quantitative estimate of drug-likeness (QED) is 0.298. The molecule has 41 heavy (non-hydrogen) atoms. The maximum absolute atomic E-state index is 13.3. The molecule has 2 fully saturated rings. The number of carbonyl (C=O) groups is 2. The van der Waals surface area contributed by atoms with Crippen LogP contribution in [0.1, 0.15) is 41.6 Å². The van der Waals surface area contributed by atoms with Crippen LogP contribution in [0.5, 0.6) is 0 Å². The third-order valence-electron chi connectivity index (χ3n) is 8.04. The summed E-state index contributed by atoms with van der Waals surface area (Å²) in [5.74, 6) is 1.00. The lowest BCUT2D eigenvalue weighted by Crippen LogP contribution is -2.42. The lowest BCUT2D eigenvalue weighted by Gasteiger charge is -2.37. The van der Waals surface area contributed by atoms with Crippen molar-refractivity contribution in [3.63, 3.8) is 0 Å². The van der Waals surface area contributed by atoms with E-state index in [1.165, 1.54) is 18.0 Å². The van der Waals surface area contributed by atoms with Gasteiger partial charge in [-0.2, -0.15) is 0 Å². The molecule has 1 amide bonds. The molecule has 0 atom stereocenters. The summed E-state index contributed by atoms with van der Waals surface area (Å²) >= 11 is 14.1. The van der Waals surface area contributed by atoms with E-state index in [9.17, 15) is 9.59 Å². The predicted octanol–water partition coefficient (Wildman–Crippen LogP) is 6.29. The molecule has 1 saturated heterocycles. The Morgan fingerprint density at radius 2 is 1.83 bits per heavy atom. The van der Waals surface area contributed by atoms with Crippen molar-refractivity contribution < 1.29 is 9.59 Å². The van der Waals surface area contributed by atoms with E-state index in [0.717, 1.165) is 55.7 Å². The van der Waals surface area contributed by atoms with E-state index in [0.29, 0.717) is 56.4 Å². The molecular formula is C30H32Cl2N6O2S. The molecule has 3 aliphatic rings. The van der Waals surface area contributed by atoms with Crippen LogP contribution in [0.2, 0.25) is 10.0 Å². The molecule has 1 aromatic heterocycles. The monoisotopic (exact) mass is 610 g/mol. The Kier molecular flexibility index (Phi) is 8.14. The number of carbonyl (C=O) groups excluding carboxylic acids is 2. The number of para-hydroxylation sites is 1. The highest BCUT2D eigenvalue weighted by Crippen LogP contribution is 2.40. The SMILES string of the molecule is CN(C)C1CCN(c2ccc(Nc3ncc4c(n3)SCN(c3c(Cl)cccc3Cl)C4=O)cc2CC(=O)C2CC2)CC1. The van der Waals surface area contributed by atoms with Crippen molar-refractivity contribution in [1.29, 1.82) is 0 Å². The van der Waals surface area contributed by atoms with Crippen molar-refractivity contribution in [3.05, 3.63) is 63.8 Å². The van der Waals surface area contributed by atoms with Gasteiger partial charge in [-0.15, -0.1) is 0 Å². The number of halogens is 2. The number of nitrogens with zero attached hydrogens (tertiary/aromatic N) is 5. The minimum absolute atomic E-state index is 0.206. The van der Waals surface area contributed by atoms with Crippen molar-refractivity contribution in [2.75, 3.05) is 48.2 Å². The molecule has 0 radical (unpaired) electrons. The molecule has 11 heteroatoms. The zero-order valence-electron chi connectivity index (χ0n) is 23.1. The van der Waals surface area contributed by atoms with E-state index < -0.39 is 0 Å². The highest BCUT2D eigenvalue weighted by atomic mass is 35.5. The first-order valence-corrected chi connectivity index (χ1v) is 15.6. The van der Waals surface area contributed by atoms with E-state index in [2.05, 4.69) is 51.3 Å². The van der Waals surface area contributed by atoms with Crippen LogP contribution >= 0.6 is 35.0 Å². The van der Waals surface area contributed by atoms with Gasteiger partial charge in [0.05, 0.1) is 27.2 Å². The van der Waals surface area contributed by atoms with Crippen molar-refractivity contribution in [2.45, 2.75) is 43.2 Å². The maximum atomic E-state index is 13.3. The fourth-order valence-corrected chi connectivity index (χ4v) is 7.07. The van der Waals surface area contributed by atoms with Gasteiger partial charge >= 0.3 is 0 Å². The van der Waals surface area contributed by atoms with Crippen LogP contribution in [0.3, 0.4) is 0 Å². The summed E-state index contributed by atoms with van der Waals surface area (Å²) in [7, 11) is 4.28. The summed E-state index contributed by atoms with van der Waals surface area (Å²) in [6.45, 7) is 1.94. The van der Waals surface area contributed by atoms with Gasteiger partial charge in [-0.1, -0.05) is 41.0 Å². The van der Waals surface area contributed by atoms with E-state index in [1.54, 1.807) is 23.1 Å². The lowest BCUT2D eigenvalue weighted by molar-refractivity contribution is -0.119. The molecule has 0 spiro atoms. The number of rotatable bonds is 8. The molecular weight excluding hydrogens is 579 g/mol. The molecule has 0 unspecified atom stereocenters. The third-order valence-corrected chi connectivity index (χ3v) is 9.62. The second-order valence-corrected chi connectivity index (χ2v) is 12.8. The average Bonchev–Trinajstić information content (AvgIpc) is 3.80. The second-order valence-electron chi connectivity index (χ2n) is 11.1. The molecule has 2 aliphatic heterocycles. The van der Waals surface area contributed by atoms with Gasteiger partial charge in [0, 0.05) is 49.0 Å². The molecule has 0 bridgehead atoms. The van der Waals surface area contributed by atoms with Crippen molar-refractivity contribution >= 4 is 69.7 Å². The number of anilines is 4. The number of piperidine rings is 1. The number of aromatic nitrogens is 2. The minimum atomic E-state index is -0.247. The van der Waals surface area contributed by atoms with Crippen LogP contribution in [0.4, 0.5) is 23.0 Å². The summed E-state index contributed by atoms with van der Waals surface area (Å²) in [6, 6.07) is 11.9. The van der Waals surface area contributed by atoms with Gasteiger partial charge in [-0.3, -0.25) is 14.5 Å². The molecule has 1 aliphatic carbocycles. The van der Waals surface area contributed by atoms with Gasteiger partial charge < -0.3 is 15.1 Å². The highest BCUT2D eigenvalue weighted by molar-refractivity contribution is 7.99. The Morgan fingerprint density at radius 3 is 2.51 bits per heavy atom. The number of ketones is 1. The van der Waals surface area contributed by atoms with E-state index in [1.807, 2.05) is 6.07 Å². The van der Waals surface area contributed by atoms with Gasteiger partial charge in [0.1, 0.15) is 10.8 Å². The van der Waals surface area contributed by atoms with Crippen molar-refractivity contribution in [1.82, 2.24) is 14.9 Å². The summed E-state index contributed by atoms with van der Waals surface area (Å²) < 4.78 is 0. The minimum Gasteiger partial charge on any atom is -0.371 e. The van der Waals surface area contributed by atoms with Crippen molar-refractivity contribution in [3.8, 4) is 0 Å². The molecule has 3 aromatic rings. The summed E-state index contributed by atoms with van der Waals surface area (Å²) in [5.41, 5.74) is 3.86. The number of thioether (sulfide) groups is 1. The third kappa shape index (κ3) is 6.04. The lowest BCUT2D eigenvalue weighted by atomic mass is 9.99. The number of amides is 1. The topological polar surface area (TPSA) is 81.7 Å². The van der Waals surface area contributed by atoms with Crippen LogP contribution in [-0.2, 0) is 11.2 Å². The normalized spacial score (nSPS) is 17.6. The zero-order chi connectivity index (χ0) is 28.7. The smallest absolute Gasteiger partial charge is 0.263 e. The number of hydrogen-bond donors (Lipinski definition) is 1. The highest BCUT2D eigenvalue weighted by Gasteiger charge is 2.32. The molecule has 2 aromatic carbocycles. The van der Waals surface area contributed by atoms with E-state index in [4.69, 9.17) is 23.2 Å². The Labute approximate surface area is 254 Å². The number of nitrogens with one attached hydrogen (secondary N) is 1. The van der Waals surface area contributed by atoms with E-state index in [-0.39, 0.29) is 11.8 Å². The molecule has 214 valence electrons. The fraction of sp³-hybridized carbons (Fsp3) is 0.400. The first kappa shape index (κ1) is 28.3. The molecule has 1 saturated carbocycles. The number of Topliss-reactive ketones (excluding diaryl/α,β-unsaturated/α-hetero) is 1. The Balaban J connectivity index is 1.22. The number of hydrogen-bond acceptors (Lipinski definition) is 8. The number of fused-ring (bicyclic) bond motifs is 1. The van der Waals surface area contributed by atoms with Crippen molar-refractivity contribution in [2.24, 2.45) is 5.92 Å². The van der Waals surface area contributed by atoms with E-state index >= 15 is 0 Å². The first-order chi connectivity index (χ1) is 19.8. The van der Waals surface area contributed by atoms with Crippen LogP contribution in [0, 0.1) is 5.92 Å². The zero-order valence-corrected chi connectivity index (χ0v) is 25.4. The van der Waals surface area contributed by atoms with Crippen LogP contribution in [0.25, 0.3) is 0 Å². The Morgan fingerprint density at radius 1 is 1.10 bits per heavy atom. The molecule has 8 nitrogen and oxygen atoms in total. The average molecular weight is 612 g/mol. The van der Waals surface area contributed by atoms with Gasteiger partial charge in [0.2, 0.25) is 5.95 Å². The predicted molar refractivity (Wildman–Crippen MR) is 166 cm³/mol. The van der Waals surface area contributed by atoms with Crippen LogP contribution in [0.15, 0.2) is 47.6 Å². The van der Waals surface area contributed by atoms with Crippen LogP contribution < -0.4 is 15.1 Å². The maximum Gasteiger partial charge on any atom is 0.263 e. The summed E-state index contributed by atoms with van der Waals surface area (Å²) in [4.78, 5) is 41.5. The molecule has 3 heterocycles. The molecule has 1 N–H and O–H groups in total. The second kappa shape index (κ2) is 11.8. The first-order valence-electron chi connectivity index (χ1n) is 13.9. The van der Waals surface area contributed by atoms with Crippen LogP contribution in [-0.4, -0.2) is 65.7 Å². The van der Waals surface area contributed by atoms with Gasteiger partial charge in [0.25, 0.3) is 5.91 Å². The Hall–Kier alpha value is -2.85. The molecule has 6 rings (SSSR count). The van der Waals surface area contributed by atoms with Gasteiger partial charge in [0.15, 0.2) is 0 Å². The van der Waals surface area contributed by atoms with Gasteiger partial charge in [-0.05, 0) is 75.7 Å². The number of benzene rings is 2. The standard InChI is InChI=1S/C30H32Cl2N6O2S/c1-36(2)21-10-12-37(13-11-21)25-9-8-20(14-19(25)15-26(39)18-6-7-18)34-30-33-16-22-28(35-30)41-17-38(29(22)40)27-23(31)4-3-5-24(27)32/h3-5,8-9,14,16,18,21H,6-7,10-13,15,17H2,1-2H3,(H,33,34,35). The summed E-state index contributed by atoms with van der Waals surface area (Å²) in [6.07, 6.45) is 6.17. The fourth-order valence-electron chi connectivity index (χ4n) is 5.53. The Bertz CT molecular complexity index is 1470. The van der Waals surface area contributed by atoms with Gasteiger partial charge in [-0.25, -0.2) is 9.97 Å². The summed E-state index contributed by atoms with van der Waals surface area (Å²) in [5, 5.41) is 4.72.